The van der Waals surface area contributed by atoms with Gasteiger partial charge in [0.25, 0.3) is 0 Å². The minimum absolute atomic E-state index is 0.250. The number of fused-ring (bicyclic) bond motifs is 1. The molecule has 0 radical (unpaired) electrons. The van der Waals surface area contributed by atoms with Gasteiger partial charge in [0.15, 0.2) is 0 Å². The molecule has 0 aliphatic heterocycles. The summed E-state index contributed by atoms with van der Waals surface area (Å²) in [6.07, 6.45) is 0.250. The summed E-state index contributed by atoms with van der Waals surface area (Å²) < 4.78 is 0. The molecule has 1 heterocycles. The third-order valence-corrected chi connectivity index (χ3v) is 1.76. The van der Waals surface area contributed by atoms with Gasteiger partial charge >= 0.3 is 6.15 Å². The first-order chi connectivity index (χ1) is 6.69. The van der Waals surface area contributed by atoms with Gasteiger partial charge in [-0.05, 0) is 31.0 Å². The lowest BCUT2D eigenvalue weighted by atomic mass is 10.1. The average Bonchev–Trinajstić information content (AvgIpc) is 2.53. The molecule has 0 unspecified atom stereocenters. The molecule has 0 fully saturated rings. The standard InChI is InChI=1S/C8H9N3.CO2/c1-5-3-6(2)8-7(4-5)9-11-10-8;2-1-3/h3-4H,1-2H3,(H,9,10,11);. The quantitative estimate of drug-likeness (QED) is 0.673. The van der Waals surface area contributed by atoms with E-state index in [-0.39, 0.29) is 6.15 Å². The number of aromatic nitrogens is 3. The molecule has 1 aromatic carbocycles. The maximum atomic E-state index is 8.12. The van der Waals surface area contributed by atoms with Crippen molar-refractivity contribution in [2.24, 2.45) is 0 Å². The molecule has 0 amide bonds. The Morgan fingerprint density at radius 1 is 1.21 bits per heavy atom. The Morgan fingerprint density at radius 2 is 1.86 bits per heavy atom. The van der Waals surface area contributed by atoms with E-state index in [4.69, 9.17) is 9.59 Å². The minimum Gasteiger partial charge on any atom is -0.197 e. The fraction of sp³-hybridized carbons (Fsp3) is 0.222. The van der Waals surface area contributed by atoms with Crippen LogP contribution in [0.15, 0.2) is 12.1 Å². The van der Waals surface area contributed by atoms with Crippen LogP contribution in [0.1, 0.15) is 11.1 Å². The highest BCUT2D eigenvalue weighted by Crippen LogP contribution is 2.14. The number of H-pyrrole nitrogens is 1. The number of hydrogen-bond donors (Lipinski definition) is 1. The molecule has 1 aromatic heterocycles. The average molecular weight is 191 g/mol. The third kappa shape index (κ3) is 2.02. The summed E-state index contributed by atoms with van der Waals surface area (Å²) in [7, 11) is 0. The Balaban J connectivity index is 0.000000293. The van der Waals surface area contributed by atoms with E-state index in [0.29, 0.717) is 0 Å². The molecule has 2 aromatic rings. The van der Waals surface area contributed by atoms with Crippen LogP contribution in [-0.2, 0) is 9.59 Å². The number of nitrogens with zero attached hydrogens (tertiary/aromatic N) is 2. The van der Waals surface area contributed by atoms with E-state index in [2.05, 4.69) is 28.4 Å². The molecule has 0 bridgehead atoms. The molecular formula is C9H9N3O2. The lowest BCUT2D eigenvalue weighted by Gasteiger charge is -1.94. The van der Waals surface area contributed by atoms with Gasteiger partial charge in [-0.1, -0.05) is 6.07 Å². The van der Waals surface area contributed by atoms with Crippen LogP contribution in [0.2, 0.25) is 0 Å². The van der Waals surface area contributed by atoms with Crippen LogP contribution >= 0.6 is 0 Å². The monoisotopic (exact) mass is 191 g/mol. The summed E-state index contributed by atoms with van der Waals surface area (Å²) in [4.78, 5) is 16.2. The van der Waals surface area contributed by atoms with E-state index < -0.39 is 0 Å². The molecule has 0 aliphatic rings. The minimum atomic E-state index is 0.250. The molecule has 0 saturated carbocycles. The third-order valence-electron chi connectivity index (χ3n) is 1.76. The molecule has 0 spiro atoms. The molecule has 72 valence electrons. The SMILES string of the molecule is Cc1cc(C)c2n[nH]nc2c1.O=C=O. The summed E-state index contributed by atoms with van der Waals surface area (Å²) in [5, 5.41) is 10.6. The number of benzene rings is 1. The van der Waals surface area contributed by atoms with E-state index in [1.54, 1.807) is 0 Å². The molecule has 14 heavy (non-hydrogen) atoms. The van der Waals surface area contributed by atoms with Gasteiger partial charge in [-0.3, -0.25) is 0 Å². The van der Waals surface area contributed by atoms with Gasteiger partial charge in [0.2, 0.25) is 0 Å². The van der Waals surface area contributed by atoms with Gasteiger partial charge in [0, 0.05) is 0 Å². The Kier molecular flexibility index (Phi) is 3.09. The first-order valence-electron chi connectivity index (χ1n) is 3.96. The topological polar surface area (TPSA) is 75.7 Å². The molecule has 0 saturated heterocycles. The van der Waals surface area contributed by atoms with Crippen LogP contribution in [0.5, 0.6) is 0 Å². The lowest BCUT2D eigenvalue weighted by Crippen LogP contribution is -1.79. The van der Waals surface area contributed by atoms with Crippen LogP contribution in [0.4, 0.5) is 0 Å². The molecule has 1 N–H and O–H groups in total. The Labute approximate surface area is 80.1 Å². The van der Waals surface area contributed by atoms with Crippen molar-refractivity contribution in [1.82, 2.24) is 15.4 Å². The Bertz CT molecular complexity index is 470. The largest absolute Gasteiger partial charge is 0.373 e. The maximum Gasteiger partial charge on any atom is 0.373 e. The van der Waals surface area contributed by atoms with Crippen molar-refractivity contribution >= 4 is 17.2 Å². The zero-order valence-electron chi connectivity index (χ0n) is 7.87. The Morgan fingerprint density at radius 3 is 2.50 bits per heavy atom. The van der Waals surface area contributed by atoms with E-state index >= 15 is 0 Å². The van der Waals surface area contributed by atoms with Gasteiger partial charge in [-0.25, -0.2) is 0 Å². The van der Waals surface area contributed by atoms with Crippen molar-refractivity contribution in [2.45, 2.75) is 13.8 Å². The highest BCUT2D eigenvalue weighted by Gasteiger charge is 2.00. The first-order valence-corrected chi connectivity index (χ1v) is 3.96. The zero-order valence-corrected chi connectivity index (χ0v) is 7.87. The van der Waals surface area contributed by atoms with Gasteiger partial charge in [-0.15, -0.1) is 0 Å². The predicted molar refractivity (Wildman–Crippen MR) is 48.4 cm³/mol. The van der Waals surface area contributed by atoms with Crippen LogP contribution in [0.25, 0.3) is 11.0 Å². The van der Waals surface area contributed by atoms with Crippen LogP contribution < -0.4 is 0 Å². The van der Waals surface area contributed by atoms with E-state index in [1.807, 2.05) is 13.0 Å². The van der Waals surface area contributed by atoms with Gasteiger partial charge in [0.05, 0.1) is 0 Å². The molecule has 5 nitrogen and oxygen atoms in total. The van der Waals surface area contributed by atoms with Crippen molar-refractivity contribution in [1.29, 1.82) is 0 Å². The number of nitrogens with one attached hydrogen (secondary N) is 1. The molecule has 0 atom stereocenters. The number of aromatic amines is 1. The summed E-state index contributed by atoms with van der Waals surface area (Å²) in [6.45, 7) is 4.10. The smallest absolute Gasteiger partial charge is 0.197 e. The highest BCUT2D eigenvalue weighted by atomic mass is 16.2. The van der Waals surface area contributed by atoms with Gasteiger partial charge < -0.3 is 0 Å². The number of carbonyl (C=O) groups excluding carboxylic acids is 2. The van der Waals surface area contributed by atoms with Crippen molar-refractivity contribution in [3.63, 3.8) is 0 Å². The van der Waals surface area contributed by atoms with Crippen LogP contribution in [0, 0.1) is 13.8 Å². The van der Waals surface area contributed by atoms with Crippen molar-refractivity contribution in [3.8, 4) is 0 Å². The first kappa shape index (κ1) is 10.1. The lowest BCUT2D eigenvalue weighted by molar-refractivity contribution is -0.191. The normalized spacial score (nSPS) is 9.00. The van der Waals surface area contributed by atoms with E-state index in [0.717, 1.165) is 11.0 Å². The second kappa shape index (κ2) is 4.30. The molecule has 2 rings (SSSR count). The molecule has 5 heteroatoms. The molecule has 0 aliphatic carbocycles. The van der Waals surface area contributed by atoms with E-state index in [1.165, 1.54) is 11.1 Å². The summed E-state index contributed by atoms with van der Waals surface area (Å²) >= 11 is 0. The molecular weight excluding hydrogens is 182 g/mol. The van der Waals surface area contributed by atoms with Crippen LogP contribution in [0.3, 0.4) is 0 Å². The maximum absolute atomic E-state index is 8.12. The highest BCUT2D eigenvalue weighted by molar-refractivity contribution is 5.77. The predicted octanol–water partition coefficient (Wildman–Crippen LogP) is 0.991. The number of rotatable bonds is 0. The number of hydrogen-bond acceptors (Lipinski definition) is 4. The Hall–Kier alpha value is -2.00. The van der Waals surface area contributed by atoms with Crippen molar-refractivity contribution in [2.75, 3.05) is 0 Å². The second-order valence-corrected chi connectivity index (χ2v) is 2.86. The fourth-order valence-electron chi connectivity index (χ4n) is 1.30. The van der Waals surface area contributed by atoms with Crippen LogP contribution in [-0.4, -0.2) is 21.6 Å². The second-order valence-electron chi connectivity index (χ2n) is 2.86. The van der Waals surface area contributed by atoms with E-state index in [9.17, 15) is 0 Å². The summed E-state index contributed by atoms with van der Waals surface area (Å²) in [6, 6.07) is 4.12. The zero-order chi connectivity index (χ0) is 10.6. The fourth-order valence-corrected chi connectivity index (χ4v) is 1.30. The summed E-state index contributed by atoms with van der Waals surface area (Å²) in [5.74, 6) is 0. The summed E-state index contributed by atoms with van der Waals surface area (Å²) in [5.41, 5.74) is 4.32. The van der Waals surface area contributed by atoms with Gasteiger partial charge in [0.1, 0.15) is 11.0 Å². The van der Waals surface area contributed by atoms with Crippen molar-refractivity contribution < 1.29 is 9.59 Å². The van der Waals surface area contributed by atoms with Gasteiger partial charge in [-0.2, -0.15) is 25.0 Å². The van der Waals surface area contributed by atoms with Crippen molar-refractivity contribution in [3.05, 3.63) is 23.3 Å². The number of aryl methyl sites for hydroxylation is 2.